The number of nitrogens with one attached hydrogen (secondary N) is 1. The summed E-state index contributed by atoms with van der Waals surface area (Å²) in [5.41, 5.74) is -0.365. The second-order valence-electron chi connectivity index (χ2n) is 4.02. The van der Waals surface area contributed by atoms with Crippen LogP contribution in [0.5, 0.6) is 0 Å². The molecule has 0 aromatic rings. The summed E-state index contributed by atoms with van der Waals surface area (Å²) in [6.45, 7) is 6.32. The monoisotopic (exact) mass is 186 g/mol. The van der Waals surface area contributed by atoms with Crippen molar-refractivity contribution in [2.24, 2.45) is 0 Å². The minimum absolute atomic E-state index is 0.365. The number of hydrogen-bond donors (Lipinski definition) is 2. The Morgan fingerprint density at radius 1 is 1.38 bits per heavy atom. The summed E-state index contributed by atoms with van der Waals surface area (Å²) >= 11 is 0. The largest absolute Gasteiger partial charge is 0.390 e. The Labute approximate surface area is 81.1 Å². The molecule has 0 aromatic heterocycles. The average molecular weight is 186 g/mol. The van der Waals surface area contributed by atoms with E-state index in [0.29, 0.717) is 0 Å². The number of rotatable bonds is 4. The molecule has 0 radical (unpaired) electrons. The Morgan fingerprint density at radius 2 is 2.00 bits per heavy atom. The minimum Gasteiger partial charge on any atom is -0.390 e. The van der Waals surface area contributed by atoms with Gasteiger partial charge in [0.2, 0.25) is 0 Å². The summed E-state index contributed by atoms with van der Waals surface area (Å²) in [4.78, 5) is 2.42. The predicted molar refractivity (Wildman–Crippen MR) is 54.8 cm³/mol. The Hall–Kier alpha value is -0.120. The number of aliphatic hydroxyl groups is 1. The van der Waals surface area contributed by atoms with Crippen LogP contribution in [0.15, 0.2) is 0 Å². The van der Waals surface area contributed by atoms with Crippen LogP contribution in [-0.4, -0.2) is 48.8 Å². The van der Waals surface area contributed by atoms with Crippen LogP contribution >= 0.6 is 0 Å². The van der Waals surface area contributed by atoms with Gasteiger partial charge >= 0.3 is 0 Å². The van der Waals surface area contributed by atoms with E-state index in [2.05, 4.69) is 17.1 Å². The lowest BCUT2D eigenvalue weighted by molar-refractivity contribution is -0.0234. The molecule has 2 N–H and O–H groups in total. The highest BCUT2D eigenvalue weighted by Crippen LogP contribution is 2.24. The standard InChI is InChI=1S/C10H22N2O/c1-3-10(13)4-7-12(8-5-10)9-6-11-2/h11,13H,3-9H2,1-2H3. The molecule has 3 nitrogen and oxygen atoms in total. The maximum atomic E-state index is 9.98. The molecule has 78 valence electrons. The second kappa shape index (κ2) is 4.94. The first-order valence-corrected chi connectivity index (χ1v) is 5.29. The smallest absolute Gasteiger partial charge is 0.0669 e. The van der Waals surface area contributed by atoms with Crippen molar-refractivity contribution >= 4 is 0 Å². The lowest BCUT2D eigenvalue weighted by Gasteiger charge is -2.37. The summed E-state index contributed by atoms with van der Waals surface area (Å²) < 4.78 is 0. The van der Waals surface area contributed by atoms with E-state index >= 15 is 0 Å². The van der Waals surface area contributed by atoms with Crippen molar-refractivity contribution in [2.75, 3.05) is 33.2 Å². The molecular formula is C10H22N2O. The molecule has 0 bridgehead atoms. The molecule has 1 aliphatic rings. The van der Waals surface area contributed by atoms with Gasteiger partial charge in [0.05, 0.1) is 5.60 Å². The summed E-state index contributed by atoms with van der Waals surface area (Å²) in [6.07, 6.45) is 2.77. The third-order valence-corrected chi connectivity index (χ3v) is 3.12. The van der Waals surface area contributed by atoms with Crippen molar-refractivity contribution in [3.05, 3.63) is 0 Å². The zero-order chi connectivity index (χ0) is 9.73. The van der Waals surface area contributed by atoms with E-state index in [-0.39, 0.29) is 5.60 Å². The SMILES string of the molecule is CCC1(O)CCN(CCNC)CC1. The Bertz CT molecular complexity index is 142. The lowest BCUT2D eigenvalue weighted by atomic mass is 9.89. The maximum absolute atomic E-state index is 9.98. The molecule has 0 aromatic carbocycles. The number of piperidine rings is 1. The van der Waals surface area contributed by atoms with Crippen molar-refractivity contribution in [3.8, 4) is 0 Å². The molecule has 0 atom stereocenters. The number of nitrogens with zero attached hydrogens (tertiary/aromatic N) is 1. The Balaban J connectivity index is 2.22. The molecule has 1 aliphatic heterocycles. The third-order valence-electron chi connectivity index (χ3n) is 3.12. The van der Waals surface area contributed by atoms with E-state index in [1.165, 1.54) is 0 Å². The topological polar surface area (TPSA) is 35.5 Å². The van der Waals surface area contributed by atoms with E-state index in [9.17, 15) is 5.11 Å². The van der Waals surface area contributed by atoms with Gasteiger partial charge in [-0.2, -0.15) is 0 Å². The van der Waals surface area contributed by atoms with Crippen molar-refractivity contribution in [3.63, 3.8) is 0 Å². The van der Waals surface area contributed by atoms with Crippen molar-refractivity contribution in [1.82, 2.24) is 10.2 Å². The van der Waals surface area contributed by atoms with E-state index < -0.39 is 0 Å². The highest BCUT2D eigenvalue weighted by Gasteiger charge is 2.29. The molecule has 0 amide bonds. The third kappa shape index (κ3) is 3.25. The van der Waals surface area contributed by atoms with Gasteiger partial charge in [0.25, 0.3) is 0 Å². The molecular weight excluding hydrogens is 164 g/mol. The Kier molecular flexibility index (Phi) is 4.16. The Morgan fingerprint density at radius 3 is 2.46 bits per heavy atom. The minimum atomic E-state index is -0.365. The van der Waals surface area contributed by atoms with Crippen LogP contribution in [0.2, 0.25) is 0 Å². The average Bonchev–Trinajstić information content (AvgIpc) is 2.17. The van der Waals surface area contributed by atoms with E-state index in [4.69, 9.17) is 0 Å². The van der Waals surface area contributed by atoms with Crippen LogP contribution < -0.4 is 5.32 Å². The maximum Gasteiger partial charge on any atom is 0.0669 e. The molecule has 0 aliphatic carbocycles. The highest BCUT2D eigenvalue weighted by molar-refractivity contribution is 4.84. The van der Waals surface area contributed by atoms with Gasteiger partial charge in [-0.3, -0.25) is 0 Å². The van der Waals surface area contributed by atoms with Crippen molar-refractivity contribution in [1.29, 1.82) is 0 Å². The van der Waals surface area contributed by atoms with Gasteiger partial charge in [-0.15, -0.1) is 0 Å². The summed E-state index contributed by atoms with van der Waals surface area (Å²) in [7, 11) is 1.98. The van der Waals surface area contributed by atoms with E-state index in [1.807, 2.05) is 7.05 Å². The molecule has 1 rings (SSSR count). The second-order valence-corrected chi connectivity index (χ2v) is 4.02. The van der Waals surface area contributed by atoms with Crippen molar-refractivity contribution in [2.45, 2.75) is 31.8 Å². The molecule has 0 spiro atoms. The van der Waals surface area contributed by atoms with Gasteiger partial charge in [-0.05, 0) is 26.3 Å². The van der Waals surface area contributed by atoms with Crippen LogP contribution in [0.3, 0.4) is 0 Å². The van der Waals surface area contributed by atoms with Gasteiger partial charge < -0.3 is 15.3 Å². The van der Waals surface area contributed by atoms with E-state index in [0.717, 1.165) is 45.4 Å². The fourth-order valence-electron chi connectivity index (χ4n) is 1.82. The molecule has 3 heteroatoms. The molecule has 1 heterocycles. The fraction of sp³-hybridized carbons (Fsp3) is 1.00. The van der Waals surface area contributed by atoms with Crippen LogP contribution in [0, 0.1) is 0 Å². The zero-order valence-corrected chi connectivity index (χ0v) is 8.84. The molecule has 0 unspecified atom stereocenters. The fourth-order valence-corrected chi connectivity index (χ4v) is 1.82. The number of likely N-dealkylation sites (N-methyl/N-ethyl adjacent to an activating group) is 1. The van der Waals surface area contributed by atoms with Crippen LogP contribution in [0.25, 0.3) is 0 Å². The normalized spacial score (nSPS) is 23.3. The van der Waals surface area contributed by atoms with Gasteiger partial charge in [0.1, 0.15) is 0 Å². The van der Waals surface area contributed by atoms with Crippen LogP contribution in [0.4, 0.5) is 0 Å². The summed E-state index contributed by atoms with van der Waals surface area (Å²) in [5, 5.41) is 13.1. The quantitative estimate of drug-likeness (QED) is 0.669. The predicted octanol–water partition coefficient (Wildman–Crippen LogP) is 0.443. The lowest BCUT2D eigenvalue weighted by Crippen LogP contribution is -2.45. The van der Waals surface area contributed by atoms with Gasteiger partial charge in [0, 0.05) is 26.2 Å². The van der Waals surface area contributed by atoms with Gasteiger partial charge in [-0.25, -0.2) is 0 Å². The molecule has 0 saturated carbocycles. The summed E-state index contributed by atoms with van der Waals surface area (Å²) in [5.74, 6) is 0. The first-order valence-electron chi connectivity index (χ1n) is 5.29. The summed E-state index contributed by atoms with van der Waals surface area (Å²) in [6, 6.07) is 0. The number of likely N-dealkylation sites (tertiary alicyclic amines) is 1. The molecule has 13 heavy (non-hydrogen) atoms. The van der Waals surface area contributed by atoms with Gasteiger partial charge in [0.15, 0.2) is 0 Å². The number of hydrogen-bond acceptors (Lipinski definition) is 3. The van der Waals surface area contributed by atoms with Crippen molar-refractivity contribution < 1.29 is 5.11 Å². The van der Waals surface area contributed by atoms with Crippen LogP contribution in [0.1, 0.15) is 26.2 Å². The molecule has 1 fully saturated rings. The first kappa shape index (κ1) is 11.0. The highest BCUT2D eigenvalue weighted by atomic mass is 16.3. The van der Waals surface area contributed by atoms with E-state index in [1.54, 1.807) is 0 Å². The molecule has 1 saturated heterocycles. The van der Waals surface area contributed by atoms with Crippen LogP contribution in [-0.2, 0) is 0 Å². The zero-order valence-electron chi connectivity index (χ0n) is 8.84. The van der Waals surface area contributed by atoms with Gasteiger partial charge in [-0.1, -0.05) is 6.92 Å². The first-order chi connectivity index (χ1) is 6.20.